The molecular formula is C22H15N5O9S. The van der Waals surface area contributed by atoms with E-state index < -0.39 is 43.3 Å². The number of para-hydroxylation sites is 1. The highest BCUT2D eigenvalue weighted by Gasteiger charge is 2.24. The van der Waals surface area contributed by atoms with Crippen molar-refractivity contribution >= 4 is 55.5 Å². The van der Waals surface area contributed by atoms with Crippen molar-refractivity contribution in [1.82, 2.24) is 0 Å². The summed E-state index contributed by atoms with van der Waals surface area (Å²) in [4.78, 5) is 20.3. The van der Waals surface area contributed by atoms with Crippen LogP contribution < -0.4 is 5.32 Å². The van der Waals surface area contributed by atoms with Gasteiger partial charge < -0.3 is 15.5 Å². The maximum atomic E-state index is 11.1. The average Bonchev–Trinajstić information content (AvgIpc) is 2.84. The van der Waals surface area contributed by atoms with Gasteiger partial charge in [0, 0.05) is 22.8 Å². The zero-order valence-electron chi connectivity index (χ0n) is 18.4. The zero-order chi connectivity index (χ0) is 27.1. The number of azo groups is 1. The lowest BCUT2D eigenvalue weighted by Gasteiger charge is -2.09. The lowest BCUT2D eigenvalue weighted by molar-refractivity contribution is -0.394. The summed E-state index contributed by atoms with van der Waals surface area (Å²) < 4.78 is 25.3. The van der Waals surface area contributed by atoms with Crippen molar-refractivity contribution in [3.8, 4) is 11.5 Å². The number of nitrogens with zero attached hydrogens (tertiary/aromatic N) is 4. The van der Waals surface area contributed by atoms with Gasteiger partial charge in [-0.15, -0.1) is 22.9 Å². The highest BCUT2D eigenvalue weighted by molar-refractivity contribution is 7.59. The summed E-state index contributed by atoms with van der Waals surface area (Å²) in [6.07, 6.45) is 0. The molecule has 0 aliphatic rings. The lowest BCUT2D eigenvalue weighted by atomic mass is 10.1. The van der Waals surface area contributed by atoms with Crippen LogP contribution in [0.3, 0.4) is 0 Å². The number of nitrogens with one attached hydrogen (secondary N) is 1. The van der Waals surface area contributed by atoms with Gasteiger partial charge in [0.05, 0.1) is 15.9 Å². The van der Waals surface area contributed by atoms with Crippen molar-refractivity contribution < 1.29 is 32.7 Å². The largest absolute Gasteiger partial charge is 0.505 e. The summed E-state index contributed by atoms with van der Waals surface area (Å²) in [7, 11) is -3.11. The Morgan fingerprint density at radius 3 is 2.00 bits per heavy atom. The SMILES string of the molecule is O=S(=O)=O.O=[N+]([O-])c1cc(N=Nc2ccc3cc(Nc4ccccc4)ccc3c2O)c(O)c([N+](=O)[O-])c1. The van der Waals surface area contributed by atoms with E-state index in [0.717, 1.165) is 17.4 Å². The monoisotopic (exact) mass is 525 g/mol. The minimum atomic E-state index is -3.11. The first-order chi connectivity index (χ1) is 17.6. The van der Waals surface area contributed by atoms with Gasteiger partial charge in [-0.2, -0.15) is 0 Å². The summed E-state index contributed by atoms with van der Waals surface area (Å²) in [5, 5.41) is 54.7. The molecule has 188 valence electrons. The Morgan fingerprint density at radius 2 is 1.38 bits per heavy atom. The number of rotatable bonds is 6. The third kappa shape index (κ3) is 6.58. The second kappa shape index (κ2) is 11.3. The molecule has 4 aromatic rings. The Hall–Kier alpha value is -5.44. The van der Waals surface area contributed by atoms with Crippen LogP contribution in [0, 0.1) is 20.2 Å². The molecule has 0 saturated carbocycles. The van der Waals surface area contributed by atoms with Gasteiger partial charge in [0.1, 0.15) is 11.4 Å². The Kier molecular flexibility index (Phi) is 8.01. The van der Waals surface area contributed by atoms with Crippen molar-refractivity contribution in [2.75, 3.05) is 5.32 Å². The van der Waals surface area contributed by atoms with Crippen molar-refractivity contribution in [2.24, 2.45) is 10.2 Å². The maximum Gasteiger partial charge on any atom is 0.425 e. The van der Waals surface area contributed by atoms with E-state index in [-0.39, 0.29) is 11.4 Å². The van der Waals surface area contributed by atoms with Crippen molar-refractivity contribution in [3.05, 3.63) is 93.0 Å². The standard InChI is InChI=1S/C22H15N5O6.O3S/c28-21-17-8-7-15(23-14-4-2-1-3-5-14)10-13(17)6-9-18(21)24-25-19-11-16(26(30)31)12-20(22(19)29)27(32)33;1-4(2)3/h1-12,23,28-29H;. The molecule has 0 aliphatic heterocycles. The van der Waals surface area contributed by atoms with Crippen LogP contribution in [0.15, 0.2) is 83.0 Å². The van der Waals surface area contributed by atoms with Crippen molar-refractivity contribution in [2.45, 2.75) is 0 Å². The van der Waals surface area contributed by atoms with Gasteiger partial charge in [0.2, 0.25) is 5.75 Å². The van der Waals surface area contributed by atoms with Gasteiger partial charge >= 0.3 is 16.3 Å². The number of benzene rings is 4. The van der Waals surface area contributed by atoms with Crippen LogP contribution >= 0.6 is 0 Å². The molecule has 4 aromatic carbocycles. The third-order valence-corrected chi connectivity index (χ3v) is 4.76. The summed E-state index contributed by atoms with van der Waals surface area (Å²) in [6, 6.07) is 19.5. The molecular weight excluding hydrogens is 510 g/mol. The number of phenols is 2. The van der Waals surface area contributed by atoms with E-state index in [1.807, 2.05) is 36.4 Å². The molecule has 0 radical (unpaired) electrons. The van der Waals surface area contributed by atoms with E-state index in [0.29, 0.717) is 16.8 Å². The normalized spacial score (nSPS) is 10.5. The van der Waals surface area contributed by atoms with Crippen LogP contribution in [0.1, 0.15) is 0 Å². The molecule has 0 fully saturated rings. The zero-order valence-corrected chi connectivity index (χ0v) is 19.2. The molecule has 0 atom stereocenters. The van der Waals surface area contributed by atoms with E-state index in [1.165, 1.54) is 6.07 Å². The second-order valence-electron chi connectivity index (χ2n) is 7.11. The fraction of sp³-hybridized carbons (Fsp3) is 0. The number of nitro groups is 2. The van der Waals surface area contributed by atoms with Crippen LogP contribution in [0.4, 0.5) is 34.1 Å². The summed E-state index contributed by atoms with van der Waals surface area (Å²) >= 11 is 0. The highest BCUT2D eigenvalue weighted by atomic mass is 32.2. The van der Waals surface area contributed by atoms with E-state index in [1.54, 1.807) is 18.2 Å². The van der Waals surface area contributed by atoms with E-state index in [2.05, 4.69) is 15.5 Å². The quantitative estimate of drug-likeness (QED) is 0.169. The summed E-state index contributed by atoms with van der Waals surface area (Å²) in [5.74, 6) is -1.08. The molecule has 0 spiro atoms. The Bertz CT molecular complexity index is 1640. The van der Waals surface area contributed by atoms with Gasteiger partial charge in [0.25, 0.3) is 5.69 Å². The number of non-ortho nitro benzene ring substituents is 1. The van der Waals surface area contributed by atoms with Crippen LogP contribution in [0.5, 0.6) is 11.5 Å². The first-order valence-electron chi connectivity index (χ1n) is 9.99. The van der Waals surface area contributed by atoms with Gasteiger partial charge in [-0.1, -0.05) is 24.3 Å². The number of fused-ring (bicyclic) bond motifs is 1. The molecule has 3 N–H and O–H groups in total. The number of hydrogen-bond donors (Lipinski definition) is 3. The second-order valence-corrected chi connectivity index (χ2v) is 7.52. The van der Waals surface area contributed by atoms with Crippen molar-refractivity contribution in [1.29, 1.82) is 0 Å². The molecule has 14 nitrogen and oxygen atoms in total. The van der Waals surface area contributed by atoms with Gasteiger partial charge in [-0.25, -0.2) is 0 Å². The van der Waals surface area contributed by atoms with E-state index in [4.69, 9.17) is 12.6 Å². The molecule has 0 aromatic heterocycles. The van der Waals surface area contributed by atoms with Crippen molar-refractivity contribution in [3.63, 3.8) is 0 Å². The average molecular weight is 525 g/mol. The van der Waals surface area contributed by atoms with Crippen LogP contribution in [0.25, 0.3) is 10.8 Å². The lowest BCUT2D eigenvalue weighted by Crippen LogP contribution is -1.93. The predicted octanol–water partition coefficient (Wildman–Crippen LogP) is 5.22. The molecule has 0 aliphatic carbocycles. The Balaban J connectivity index is 0.000000886. The topological polar surface area (TPSA) is 215 Å². The first-order valence-corrected chi connectivity index (χ1v) is 11.0. The Labute approximate surface area is 208 Å². The smallest absolute Gasteiger partial charge is 0.425 e. The molecule has 0 amide bonds. The summed E-state index contributed by atoms with van der Waals surface area (Å²) in [6.45, 7) is 0. The number of anilines is 2. The number of hydrogen-bond acceptors (Lipinski definition) is 12. The molecule has 0 saturated heterocycles. The number of nitro benzene ring substituents is 2. The van der Waals surface area contributed by atoms with Crippen LogP contribution in [-0.4, -0.2) is 32.7 Å². The molecule has 0 unspecified atom stereocenters. The third-order valence-electron chi connectivity index (χ3n) is 4.76. The van der Waals surface area contributed by atoms with Gasteiger partial charge in [0.15, 0.2) is 5.75 Å². The highest BCUT2D eigenvalue weighted by Crippen LogP contribution is 2.42. The molecule has 37 heavy (non-hydrogen) atoms. The molecule has 4 rings (SSSR count). The molecule has 0 heterocycles. The molecule has 15 heteroatoms. The first kappa shape index (κ1) is 26.2. The maximum absolute atomic E-state index is 11.1. The summed E-state index contributed by atoms with van der Waals surface area (Å²) in [5.41, 5.74) is -0.264. The Morgan fingerprint density at radius 1 is 0.730 bits per heavy atom. The molecule has 0 bridgehead atoms. The minimum absolute atomic E-state index is 0.0137. The van der Waals surface area contributed by atoms with Gasteiger partial charge in [-0.05, 0) is 41.8 Å². The van der Waals surface area contributed by atoms with Crippen LogP contribution in [-0.2, 0) is 10.6 Å². The fourth-order valence-corrected chi connectivity index (χ4v) is 3.17. The number of phenolic OH excluding ortho intramolecular Hbond substituents is 2. The minimum Gasteiger partial charge on any atom is -0.505 e. The van der Waals surface area contributed by atoms with Crippen LogP contribution in [0.2, 0.25) is 0 Å². The van der Waals surface area contributed by atoms with E-state index >= 15 is 0 Å². The van der Waals surface area contributed by atoms with E-state index in [9.17, 15) is 30.4 Å². The number of aromatic hydroxyl groups is 2. The predicted molar refractivity (Wildman–Crippen MR) is 131 cm³/mol. The van der Waals surface area contributed by atoms with Gasteiger partial charge in [-0.3, -0.25) is 20.2 Å². The fourth-order valence-electron chi connectivity index (χ4n) is 3.17.